The Morgan fingerprint density at radius 2 is 2.12 bits per heavy atom. The zero-order valence-corrected chi connectivity index (χ0v) is 10.1. The van der Waals surface area contributed by atoms with Gasteiger partial charge in [-0.25, -0.2) is 0 Å². The van der Waals surface area contributed by atoms with Gasteiger partial charge in [-0.3, -0.25) is 9.78 Å². The van der Waals surface area contributed by atoms with Crippen LogP contribution in [0.3, 0.4) is 0 Å². The van der Waals surface area contributed by atoms with E-state index in [1.54, 1.807) is 6.20 Å². The first-order valence-corrected chi connectivity index (χ1v) is 5.34. The van der Waals surface area contributed by atoms with Crippen LogP contribution in [0, 0.1) is 0 Å². The van der Waals surface area contributed by atoms with E-state index in [0.29, 0.717) is 6.54 Å². The highest BCUT2D eigenvalue weighted by Gasteiger charge is 2.14. The molecule has 0 aromatic carbocycles. The summed E-state index contributed by atoms with van der Waals surface area (Å²) in [7, 11) is 0. The lowest BCUT2D eigenvalue weighted by molar-refractivity contribution is -0.119. The van der Waals surface area contributed by atoms with Gasteiger partial charge >= 0.3 is 0 Å². The van der Waals surface area contributed by atoms with Crippen LogP contribution in [-0.4, -0.2) is 17.4 Å². The van der Waals surface area contributed by atoms with Gasteiger partial charge in [0.15, 0.2) is 0 Å². The summed E-state index contributed by atoms with van der Waals surface area (Å²) in [6, 6.07) is 2.06. The normalized spacial score (nSPS) is 11.2. The number of nitrogens with one attached hydrogen (secondary N) is 1. The molecule has 0 radical (unpaired) electrons. The van der Waals surface area contributed by atoms with Crippen molar-refractivity contribution in [2.24, 2.45) is 5.73 Å². The molecule has 1 aromatic heterocycles. The Balaban J connectivity index is 2.72. The molecule has 0 fully saturated rings. The van der Waals surface area contributed by atoms with Gasteiger partial charge in [-0.1, -0.05) is 26.8 Å². The first-order valence-electron chi connectivity index (χ1n) is 5.34. The molecule has 4 heteroatoms. The average molecular weight is 221 g/mol. The van der Waals surface area contributed by atoms with E-state index >= 15 is 0 Å². The number of hydrogen-bond acceptors (Lipinski definition) is 3. The quantitative estimate of drug-likeness (QED) is 0.798. The molecule has 1 amide bonds. The fraction of sp³-hybridized carbons (Fsp3) is 0.500. The van der Waals surface area contributed by atoms with E-state index in [2.05, 4.69) is 37.1 Å². The van der Waals surface area contributed by atoms with Crippen LogP contribution in [0.15, 0.2) is 18.5 Å². The molecule has 1 aromatic rings. The monoisotopic (exact) mass is 221 g/mol. The Labute approximate surface area is 96.3 Å². The highest BCUT2D eigenvalue weighted by molar-refractivity contribution is 5.77. The largest absolute Gasteiger partial charge is 0.351 e. The summed E-state index contributed by atoms with van der Waals surface area (Å²) in [5.74, 6) is -0.152. The highest BCUT2D eigenvalue weighted by atomic mass is 16.1. The molecule has 0 saturated carbocycles. The van der Waals surface area contributed by atoms with Crippen LogP contribution in [0.2, 0.25) is 0 Å². The lowest BCUT2D eigenvalue weighted by atomic mass is 9.88. The van der Waals surface area contributed by atoms with Gasteiger partial charge in [0.25, 0.3) is 0 Å². The van der Waals surface area contributed by atoms with Crippen LogP contribution in [0.25, 0.3) is 0 Å². The molecule has 1 rings (SSSR count). The van der Waals surface area contributed by atoms with E-state index < -0.39 is 0 Å². The molecule has 0 aliphatic rings. The van der Waals surface area contributed by atoms with Gasteiger partial charge in [0.1, 0.15) is 0 Å². The second-order valence-corrected chi connectivity index (χ2v) is 4.81. The van der Waals surface area contributed by atoms with Gasteiger partial charge in [0.05, 0.1) is 6.54 Å². The molecule has 1 heterocycles. The van der Waals surface area contributed by atoms with Gasteiger partial charge in [0, 0.05) is 18.9 Å². The van der Waals surface area contributed by atoms with Crippen molar-refractivity contribution >= 4 is 5.91 Å². The smallest absolute Gasteiger partial charge is 0.234 e. The molecule has 0 aliphatic carbocycles. The fourth-order valence-electron chi connectivity index (χ4n) is 1.27. The van der Waals surface area contributed by atoms with E-state index in [9.17, 15) is 4.79 Å². The number of carbonyl (C=O) groups excluding carboxylic acids is 1. The van der Waals surface area contributed by atoms with Crippen LogP contribution in [0.5, 0.6) is 0 Å². The molecule has 88 valence electrons. The lowest BCUT2D eigenvalue weighted by Crippen LogP contribution is -2.29. The summed E-state index contributed by atoms with van der Waals surface area (Å²) in [6.07, 6.45) is 3.61. The van der Waals surface area contributed by atoms with E-state index in [1.165, 1.54) is 0 Å². The van der Waals surface area contributed by atoms with Crippen LogP contribution in [0.4, 0.5) is 0 Å². The Bertz CT molecular complexity index is 369. The number of rotatable bonds is 3. The minimum absolute atomic E-state index is 0.0202. The second-order valence-electron chi connectivity index (χ2n) is 4.81. The SMILES string of the molecule is CC(C)(C)c1cncc(CNC(=O)CN)c1. The topological polar surface area (TPSA) is 68.0 Å². The molecule has 0 spiro atoms. The molecule has 4 nitrogen and oxygen atoms in total. The van der Waals surface area contributed by atoms with Gasteiger partial charge in [-0.2, -0.15) is 0 Å². The summed E-state index contributed by atoms with van der Waals surface area (Å²) >= 11 is 0. The molecule has 0 aliphatic heterocycles. The highest BCUT2D eigenvalue weighted by Crippen LogP contribution is 2.21. The Kier molecular flexibility index (Phi) is 4.01. The Morgan fingerprint density at radius 1 is 1.44 bits per heavy atom. The number of nitrogens with zero attached hydrogens (tertiary/aromatic N) is 1. The maximum atomic E-state index is 11.0. The molecular formula is C12H19N3O. The van der Waals surface area contributed by atoms with E-state index in [-0.39, 0.29) is 17.9 Å². The number of carbonyl (C=O) groups is 1. The van der Waals surface area contributed by atoms with Crippen molar-refractivity contribution in [1.82, 2.24) is 10.3 Å². The number of nitrogens with two attached hydrogens (primary N) is 1. The van der Waals surface area contributed by atoms with Gasteiger partial charge < -0.3 is 11.1 Å². The van der Waals surface area contributed by atoms with Crippen molar-refractivity contribution in [1.29, 1.82) is 0 Å². The first kappa shape index (κ1) is 12.6. The van der Waals surface area contributed by atoms with Crippen LogP contribution in [-0.2, 0) is 16.8 Å². The third-order valence-corrected chi connectivity index (χ3v) is 2.34. The molecule has 16 heavy (non-hydrogen) atoms. The van der Waals surface area contributed by atoms with Gasteiger partial charge in [0.2, 0.25) is 5.91 Å². The molecule has 3 N–H and O–H groups in total. The number of hydrogen-bond donors (Lipinski definition) is 2. The van der Waals surface area contributed by atoms with Crippen molar-refractivity contribution in [2.75, 3.05) is 6.54 Å². The van der Waals surface area contributed by atoms with Crippen molar-refractivity contribution in [3.63, 3.8) is 0 Å². The average Bonchev–Trinajstić information content (AvgIpc) is 2.25. The number of pyridine rings is 1. The summed E-state index contributed by atoms with van der Waals surface area (Å²) in [5.41, 5.74) is 7.43. The molecule has 0 atom stereocenters. The van der Waals surface area contributed by atoms with Crippen LogP contribution < -0.4 is 11.1 Å². The third-order valence-electron chi connectivity index (χ3n) is 2.34. The predicted octanol–water partition coefficient (Wildman–Crippen LogP) is 0.954. The molecule has 0 saturated heterocycles. The van der Waals surface area contributed by atoms with Gasteiger partial charge in [-0.15, -0.1) is 0 Å². The number of aromatic nitrogens is 1. The Hall–Kier alpha value is -1.42. The minimum atomic E-state index is -0.152. The molecular weight excluding hydrogens is 202 g/mol. The standard InChI is InChI=1S/C12H19N3O/c1-12(2,3)10-4-9(6-14-8-10)7-15-11(16)5-13/h4,6,8H,5,7,13H2,1-3H3,(H,15,16). The third kappa shape index (κ3) is 3.62. The Morgan fingerprint density at radius 3 is 2.69 bits per heavy atom. The zero-order chi connectivity index (χ0) is 12.2. The van der Waals surface area contributed by atoms with Crippen molar-refractivity contribution < 1.29 is 4.79 Å². The molecule has 0 unspecified atom stereocenters. The number of amides is 1. The fourth-order valence-corrected chi connectivity index (χ4v) is 1.27. The van der Waals surface area contributed by atoms with Crippen molar-refractivity contribution in [3.8, 4) is 0 Å². The summed E-state index contributed by atoms with van der Waals surface area (Å²) in [5, 5.41) is 2.72. The zero-order valence-electron chi connectivity index (χ0n) is 10.1. The summed E-state index contributed by atoms with van der Waals surface area (Å²) in [4.78, 5) is 15.2. The maximum absolute atomic E-state index is 11.0. The van der Waals surface area contributed by atoms with Crippen LogP contribution in [0.1, 0.15) is 31.9 Å². The molecule has 0 bridgehead atoms. The van der Waals surface area contributed by atoms with Crippen molar-refractivity contribution in [2.45, 2.75) is 32.7 Å². The minimum Gasteiger partial charge on any atom is -0.351 e. The summed E-state index contributed by atoms with van der Waals surface area (Å²) < 4.78 is 0. The van der Waals surface area contributed by atoms with E-state index in [4.69, 9.17) is 5.73 Å². The predicted molar refractivity (Wildman–Crippen MR) is 63.8 cm³/mol. The maximum Gasteiger partial charge on any atom is 0.234 e. The second kappa shape index (κ2) is 5.07. The first-order chi connectivity index (χ1) is 7.43. The lowest BCUT2D eigenvalue weighted by Gasteiger charge is -2.19. The van der Waals surface area contributed by atoms with E-state index in [1.807, 2.05) is 6.20 Å². The van der Waals surface area contributed by atoms with Gasteiger partial charge in [-0.05, 0) is 16.5 Å². The van der Waals surface area contributed by atoms with E-state index in [0.717, 1.165) is 11.1 Å². The van der Waals surface area contributed by atoms with Crippen LogP contribution >= 0.6 is 0 Å². The summed E-state index contributed by atoms with van der Waals surface area (Å²) in [6.45, 7) is 6.89. The van der Waals surface area contributed by atoms with Crippen molar-refractivity contribution in [3.05, 3.63) is 29.6 Å².